The molecule has 3 rings (SSSR count). The van der Waals surface area contributed by atoms with Crippen LogP contribution in [0, 0.1) is 0 Å². The number of aryl methyl sites for hydroxylation is 1. The first kappa shape index (κ1) is 13.7. The number of methoxy groups -OCH3 is 1. The van der Waals surface area contributed by atoms with Crippen molar-refractivity contribution < 1.29 is 4.74 Å². The molecule has 4 heteroatoms. The molecule has 1 aliphatic rings. The van der Waals surface area contributed by atoms with Crippen LogP contribution >= 0.6 is 15.9 Å². The molecule has 0 N–H and O–H groups in total. The first-order chi connectivity index (χ1) is 9.74. The van der Waals surface area contributed by atoms with Crippen LogP contribution in [0.15, 0.2) is 22.9 Å². The quantitative estimate of drug-likeness (QED) is 0.840. The molecule has 0 atom stereocenters. The van der Waals surface area contributed by atoms with Crippen LogP contribution in [-0.4, -0.2) is 16.7 Å². The van der Waals surface area contributed by atoms with Crippen molar-refractivity contribution >= 4 is 15.9 Å². The molecule has 0 saturated heterocycles. The number of benzene rings is 1. The monoisotopic (exact) mass is 334 g/mol. The lowest BCUT2D eigenvalue weighted by atomic mass is 10.0. The molecule has 0 radical (unpaired) electrons. The highest BCUT2D eigenvalue weighted by molar-refractivity contribution is 9.10. The van der Waals surface area contributed by atoms with Crippen molar-refractivity contribution in [2.24, 2.45) is 0 Å². The summed E-state index contributed by atoms with van der Waals surface area (Å²) in [6.45, 7) is 3.23. The van der Waals surface area contributed by atoms with E-state index in [0.29, 0.717) is 0 Å². The molecule has 2 aromatic rings. The molecule has 0 saturated carbocycles. The zero-order chi connectivity index (χ0) is 14.1. The molecular weight excluding hydrogens is 316 g/mol. The van der Waals surface area contributed by atoms with Crippen molar-refractivity contribution in [1.29, 1.82) is 0 Å². The van der Waals surface area contributed by atoms with E-state index >= 15 is 0 Å². The van der Waals surface area contributed by atoms with E-state index in [1.165, 1.54) is 24.1 Å². The number of halogens is 1. The van der Waals surface area contributed by atoms with Gasteiger partial charge in [0.1, 0.15) is 5.75 Å². The van der Waals surface area contributed by atoms with Gasteiger partial charge >= 0.3 is 0 Å². The molecule has 3 nitrogen and oxygen atoms in total. The highest BCUT2D eigenvalue weighted by Gasteiger charge is 2.22. The summed E-state index contributed by atoms with van der Waals surface area (Å²) in [4.78, 5) is 4.75. The Kier molecular flexibility index (Phi) is 3.83. The van der Waals surface area contributed by atoms with E-state index in [0.717, 1.165) is 41.1 Å². The topological polar surface area (TPSA) is 27.1 Å². The van der Waals surface area contributed by atoms with Crippen LogP contribution in [0.4, 0.5) is 0 Å². The Hall–Kier alpha value is -1.29. The van der Waals surface area contributed by atoms with Gasteiger partial charge in [0.2, 0.25) is 0 Å². The van der Waals surface area contributed by atoms with Crippen LogP contribution < -0.4 is 4.74 Å². The number of nitrogens with zero attached hydrogens (tertiary/aromatic N) is 2. The van der Waals surface area contributed by atoms with Gasteiger partial charge in [-0.1, -0.05) is 13.0 Å². The highest BCUT2D eigenvalue weighted by Crippen LogP contribution is 2.36. The summed E-state index contributed by atoms with van der Waals surface area (Å²) in [6.07, 6.45) is 4.58. The van der Waals surface area contributed by atoms with Crippen molar-refractivity contribution in [2.75, 3.05) is 7.11 Å². The van der Waals surface area contributed by atoms with Crippen molar-refractivity contribution in [3.63, 3.8) is 0 Å². The lowest BCUT2D eigenvalue weighted by Crippen LogP contribution is -2.10. The maximum atomic E-state index is 5.53. The Balaban J connectivity index is 2.17. The van der Waals surface area contributed by atoms with E-state index in [1.807, 2.05) is 0 Å². The van der Waals surface area contributed by atoms with Crippen LogP contribution in [0.2, 0.25) is 0 Å². The van der Waals surface area contributed by atoms with Gasteiger partial charge in [-0.3, -0.25) is 0 Å². The SMILES string of the molecule is CCc1ccc(OC)c(-c2nc(Br)n3c2CCCC3)c1. The Morgan fingerprint density at radius 3 is 2.95 bits per heavy atom. The van der Waals surface area contributed by atoms with Gasteiger partial charge in [-0.2, -0.15) is 0 Å². The van der Waals surface area contributed by atoms with Gasteiger partial charge in [0.05, 0.1) is 12.8 Å². The summed E-state index contributed by atoms with van der Waals surface area (Å²) >= 11 is 3.59. The minimum absolute atomic E-state index is 0.904. The molecule has 1 aromatic carbocycles. The molecule has 0 amide bonds. The maximum absolute atomic E-state index is 5.53. The number of hydrogen-bond donors (Lipinski definition) is 0. The summed E-state index contributed by atoms with van der Waals surface area (Å²) in [6, 6.07) is 6.39. The van der Waals surface area contributed by atoms with Crippen molar-refractivity contribution in [3.8, 4) is 17.0 Å². The number of rotatable bonds is 3. The third-order valence-electron chi connectivity index (χ3n) is 4.00. The zero-order valence-corrected chi connectivity index (χ0v) is 13.5. The number of aromatic nitrogens is 2. The molecule has 0 fully saturated rings. The second kappa shape index (κ2) is 5.60. The molecule has 0 unspecified atom stereocenters. The minimum atomic E-state index is 0.904. The Morgan fingerprint density at radius 2 is 2.20 bits per heavy atom. The first-order valence-corrected chi connectivity index (χ1v) is 7.96. The Bertz CT molecular complexity index is 634. The van der Waals surface area contributed by atoms with E-state index < -0.39 is 0 Å². The number of imidazole rings is 1. The largest absolute Gasteiger partial charge is 0.496 e. The van der Waals surface area contributed by atoms with Crippen molar-refractivity contribution in [1.82, 2.24) is 9.55 Å². The Labute approximate surface area is 128 Å². The summed E-state index contributed by atoms with van der Waals surface area (Å²) in [5, 5.41) is 0. The molecule has 1 aliphatic heterocycles. The van der Waals surface area contributed by atoms with E-state index in [4.69, 9.17) is 9.72 Å². The van der Waals surface area contributed by atoms with E-state index in [-0.39, 0.29) is 0 Å². The fraction of sp³-hybridized carbons (Fsp3) is 0.438. The average Bonchev–Trinajstić information content (AvgIpc) is 2.84. The molecular formula is C16H19BrN2O. The summed E-state index contributed by atoms with van der Waals surface area (Å²) < 4.78 is 8.76. The first-order valence-electron chi connectivity index (χ1n) is 7.16. The van der Waals surface area contributed by atoms with Gasteiger partial charge < -0.3 is 9.30 Å². The van der Waals surface area contributed by atoms with Gasteiger partial charge in [0.15, 0.2) is 4.73 Å². The van der Waals surface area contributed by atoms with Crippen LogP contribution in [0.1, 0.15) is 31.0 Å². The molecule has 2 heterocycles. The predicted octanol–water partition coefficient (Wildman–Crippen LogP) is 4.22. The maximum Gasteiger partial charge on any atom is 0.177 e. The highest BCUT2D eigenvalue weighted by atomic mass is 79.9. The van der Waals surface area contributed by atoms with E-state index in [9.17, 15) is 0 Å². The molecule has 0 aliphatic carbocycles. The lowest BCUT2D eigenvalue weighted by Gasteiger charge is -2.17. The van der Waals surface area contributed by atoms with Crippen LogP contribution in [-0.2, 0) is 19.4 Å². The smallest absolute Gasteiger partial charge is 0.177 e. The van der Waals surface area contributed by atoms with Crippen molar-refractivity contribution in [2.45, 2.75) is 39.2 Å². The van der Waals surface area contributed by atoms with Crippen LogP contribution in [0.3, 0.4) is 0 Å². The van der Waals surface area contributed by atoms with Gasteiger partial charge in [0.25, 0.3) is 0 Å². The molecule has 20 heavy (non-hydrogen) atoms. The molecule has 106 valence electrons. The third-order valence-corrected chi connectivity index (χ3v) is 4.60. The predicted molar refractivity (Wildman–Crippen MR) is 84.2 cm³/mol. The molecule has 0 spiro atoms. The summed E-state index contributed by atoms with van der Waals surface area (Å²) in [7, 11) is 1.72. The van der Waals surface area contributed by atoms with E-state index in [1.54, 1.807) is 7.11 Å². The number of hydrogen-bond acceptors (Lipinski definition) is 2. The zero-order valence-electron chi connectivity index (χ0n) is 11.9. The van der Waals surface area contributed by atoms with Crippen molar-refractivity contribution in [3.05, 3.63) is 34.2 Å². The standard InChI is InChI=1S/C16H19BrN2O/c1-3-11-7-8-14(20-2)12(10-11)15-13-6-4-5-9-19(13)16(17)18-15/h7-8,10H,3-6,9H2,1-2H3. The minimum Gasteiger partial charge on any atom is -0.496 e. The summed E-state index contributed by atoms with van der Waals surface area (Å²) in [5.41, 5.74) is 4.83. The summed E-state index contributed by atoms with van der Waals surface area (Å²) in [5.74, 6) is 0.904. The van der Waals surface area contributed by atoms with Gasteiger partial charge in [-0.25, -0.2) is 4.98 Å². The van der Waals surface area contributed by atoms with Crippen LogP contribution in [0.5, 0.6) is 5.75 Å². The lowest BCUT2D eigenvalue weighted by molar-refractivity contribution is 0.416. The second-order valence-corrected chi connectivity index (χ2v) is 5.88. The van der Waals surface area contributed by atoms with Gasteiger partial charge in [-0.15, -0.1) is 0 Å². The average molecular weight is 335 g/mol. The molecule has 1 aromatic heterocycles. The van der Waals surface area contributed by atoms with E-state index in [2.05, 4.69) is 45.6 Å². The third kappa shape index (κ3) is 2.26. The molecule has 0 bridgehead atoms. The van der Waals surface area contributed by atoms with Gasteiger partial charge in [0, 0.05) is 17.8 Å². The van der Waals surface area contributed by atoms with Gasteiger partial charge in [-0.05, 0) is 59.3 Å². The normalized spacial score (nSPS) is 14.2. The number of ether oxygens (including phenoxy) is 1. The fourth-order valence-electron chi connectivity index (χ4n) is 2.88. The number of fused-ring (bicyclic) bond motifs is 1. The second-order valence-electron chi connectivity index (χ2n) is 5.17. The fourth-order valence-corrected chi connectivity index (χ4v) is 3.44. The van der Waals surface area contributed by atoms with Crippen LogP contribution in [0.25, 0.3) is 11.3 Å². The Morgan fingerprint density at radius 1 is 1.35 bits per heavy atom.